The number of nitrogens with zero attached hydrogens (tertiary/aromatic N) is 2. The maximum absolute atomic E-state index is 11.9. The van der Waals surface area contributed by atoms with Gasteiger partial charge in [0.25, 0.3) is 5.69 Å². The molecule has 0 amide bonds. The van der Waals surface area contributed by atoms with Crippen molar-refractivity contribution >= 4 is 22.6 Å². The molecule has 0 saturated heterocycles. The average molecular weight is 380 g/mol. The molecule has 0 spiro atoms. The molecule has 146 valence electrons. The second-order valence-corrected chi connectivity index (χ2v) is 5.34. The van der Waals surface area contributed by atoms with E-state index < -0.39 is 17.0 Å². The number of ether oxygens (including phenoxy) is 3. The fourth-order valence-corrected chi connectivity index (χ4v) is 2.11. The first-order valence-corrected chi connectivity index (χ1v) is 8.13. The molecule has 1 aromatic carbocycles. The predicted molar refractivity (Wildman–Crippen MR) is 93.2 cm³/mol. The molecule has 0 fully saturated rings. The van der Waals surface area contributed by atoms with E-state index in [1.54, 1.807) is 13.2 Å². The van der Waals surface area contributed by atoms with Crippen LogP contribution in [0.5, 0.6) is 5.75 Å². The highest BCUT2D eigenvalue weighted by atomic mass is 17.2. The Bertz CT molecular complexity index is 783. The van der Waals surface area contributed by atoms with Gasteiger partial charge in [-0.2, -0.15) is 0 Å². The topological polar surface area (TPSA) is 119 Å². The lowest BCUT2D eigenvalue weighted by Gasteiger charge is -2.12. The van der Waals surface area contributed by atoms with Crippen molar-refractivity contribution in [1.29, 1.82) is 0 Å². The summed E-state index contributed by atoms with van der Waals surface area (Å²) in [6, 6.07) is 5.67. The van der Waals surface area contributed by atoms with Gasteiger partial charge in [-0.25, -0.2) is 9.68 Å². The lowest BCUT2D eigenvalue weighted by molar-refractivity contribution is -0.383. The summed E-state index contributed by atoms with van der Waals surface area (Å²) in [4.78, 5) is 36.3. The van der Waals surface area contributed by atoms with Gasteiger partial charge in [0.2, 0.25) is 5.75 Å². The third kappa shape index (κ3) is 5.84. The second kappa shape index (κ2) is 10.4. The molecule has 0 aliphatic rings. The molecule has 1 aromatic heterocycles. The zero-order chi connectivity index (χ0) is 19.6. The molecule has 1 atom stereocenters. The highest BCUT2D eigenvalue weighted by Crippen LogP contribution is 2.31. The first kappa shape index (κ1) is 20.5. The number of aromatic nitrogens is 1. The van der Waals surface area contributed by atoms with Crippen molar-refractivity contribution in [2.24, 2.45) is 0 Å². The third-order valence-electron chi connectivity index (χ3n) is 3.48. The van der Waals surface area contributed by atoms with Gasteiger partial charge in [0, 0.05) is 19.4 Å². The van der Waals surface area contributed by atoms with Gasteiger partial charge in [-0.15, -0.1) is 0 Å². The van der Waals surface area contributed by atoms with Gasteiger partial charge in [-0.3, -0.25) is 20.0 Å². The Morgan fingerprint density at radius 2 is 2.00 bits per heavy atom. The van der Waals surface area contributed by atoms with E-state index in [1.807, 2.05) is 0 Å². The standard InChI is InChI=1S/C17H20N2O8/c1-12(25-11-10-24-9-8-23-2)17(20)27-26-15-6-5-14(19(21)22)13-4-3-7-18-16(13)15/h3-7,12H,8-11H2,1-2H3. The number of fused-ring (bicyclic) bond motifs is 1. The molecule has 27 heavy (non-hydrogen) atoms. The fourth-order valence-electron chi connectivity index (χ4n) is 2.11. The van der Waals surface area contributed by atoms with Crippen LogP contribution in [0.15, 0.2) is 30.5 Å². The summed E-state index contributed by atoms with van der Waals surface area (Å²) in [5.41, 5.74) is 0.0848. The van der Waals surface area contributed by atoms with E-state index >= 15 is 0 Å². The number of nitro benzene ring substituents is 1. The molecule has 10 heteroatoms. The van der Waals surface area contributed by atoms with E-state index in [2.05, 4.69) is 4.98 Å². The largest absolute Gasteiger partial charge is 0.383 e. The van der Waals surface area contributed by atoms with Crippen molar-refractivity contribution in [1.82, 2.24) is 4.98 Å². The Hall–Kier alpha value is -2.82. The van der Waals surface area contributed by atoms with Crippen molar-refractivity contribution in [2.45, 2.75) is 13.0 Å². The van der Waals surface area contributed by atoms with Gasteiger partial charge < -0.3 is 14.2 Å². The summed E-state index contributed by atoms with van der Waals surface area (Å²) in [5.74, 6) is -0.672. The van der Waals surface area contributed by atoms with E-state index in [-0.39, 0.29) is 28.9 Å². The van der Waals surface area contributed by atoms with Crippen LogP contribution in [0.3, 0.4) is 0 Å². The lowest BCUT2D eigenvalue weighted by atomic mass is 10.2. The molecule has 0 N–H and O–H groups in total. The Morgan fingerprint density at radius 3 is 2.74 bits per heavy atom. The molecule has 0 radical (unpaired) electrons. The lowest BCUT2D eigenvalue weighted by Crippen LogP contribution is -2.26. The number of methoxy groups -OCH3 is 1. The minimum atomic E-state index is -0.881. The first-order valence-electron chi connectivity index (χ1n) is 8.13. The quantitative estimate of drug-likeness (QED) is 0.250. The van der Waals surface area contributed by atoms with Crippen LogP contribution >= 0.6 is 0 Å². The highest BCUT2D eigenvalue weighted by Gasteiger charge is 2.20. The normalized spacial score (nSPS) is 11.9. The molecule has 1 heterocycles. The van der Waals surface area contributed by atoms with Crippen molar-refractivity contribution < 1.29 is 33.7 Å². The minimum Gasteiger partial charge on any atom is -0.382 e. The zero-order valence-electron chi connectivity index (χ0n) is 15.0. The summed E-state index contributed by atoms with van der Waals surface area (Å²) < 4.78 is 15.3. The van der Waals surface area contributed by atoms with Crippen molar-refractivity contribution in [3.63, 3.8) is 0 Å². The number of nitro groups is 1. The SMILES string of the molecule is COCCOCCOC(C)C(=O)OOc1ccc([N+](=O)[O-])c2cccnc12. The van der Waals surface area contributed by atoms with Crippen LogP contribution < -0.4 is 4.89 Å². The van der Waals surface area contributed by atoms with Crippen LogP contribution in [-0.4, -0.2) is 55.5 Å². The molecule has 2 aromatic rings. The number of hydrogen-bond acceptors (Lipinski definition) is 9. The highest BCUT2D eigenvalue weighted by molar-refractivity contribution is 5.92. The van der Waals surface area contributed by atoms with E-state index in [0.29, 0.717) is 19.8 Å². The number of rotatable bonds is 11. The molecular formula is C17H20N2O8. The smallest absolute Gasteiger partial charge is 0.382 e. The van der Waals surface area contributed by atoms with E-state index in [9.17, 15) is 14.9 Å². The molecule has 0 aliphatic carbocycles. The molecule has 0 aliphatic heterocycles. The van der Waals surface area contributed by atoms with Crippen molar-refractivity contribution in [2.75, 3.05) is 33.5 Å². The van der Waals surface area contributed by atoms with Gasteiger partial charge in [0.1, 0.15) is 5.52 Å². The predicted octanol–water partition coefficient (Wildman–Crippen LogP) is 2.05. The number of carbonyl (C=O) groups is 1. The van der Waals surface area contributed by atoms with Crippen LogP contribution in [0.4, 0.5) is 5.69 Å². The van der Waals surface area contributed by atoms with Crippen LogP contribution in [0.25, 0.3) is 10.9 Å². The number of non-ortho nitro benzene ring substituents is 1. The van der Waals surface area contributed by atoms with Crippen LogP contribution in [-0.2, 0) is 23.9 Å². The number of carbonyl (C=O) groups excluding carboxylic acids is 1. The second-order valence-electron chi connectivity index (χ2n) is 5.34. The minimum absolute atomic E-state index is 0.0830. The number of hydrogen-bond donors (Lipinski definition) is 0. The van der Waals surface area contributed by atoms with E-state index in [4.69, 9.17) is 24.0 Å². The van der Waals surface area contributed by atoms with Gasteiger partial charge in [-0.05, 0) is 25.1 Å². The Kier molecular flexibility index (Phi) is 7.86. The van der Waals surface area contributed by atoms with Crippen LogP contribution in [0.1, 0.15) is 6.92 Å². The molecule has 1 unspecified atom stereocenters. The maximum Gasteiger partial charge on any atom is 0.383 e. The Morgan fingerprint density at radius 1 is 1.22 bits per heavy atom. The van der Waals surface area contributed by atoms with Gasteiger partial charge in [0.05, 0.1) is 36.7 Å². The van der Waals surface area contributed by atoms with E-state index in [1.165, 1.54) is 31.3 Å². The van der Waals surface area contributed by atoms with Crippen LogP contribution in [0, 0.1) is 10.1 Å². The van der Waals surface area contributed by atoms with Gasteiger partial charge in [-0.1, -0.05) is 0 Å². The summed E-state index contributed by atoms with van der Waals surface area (Å²) in [5, 5.41) is 11.4. The summed E-state index contributed by atoms with van der Waals surface area (Å²) >= 11 is 0. The molecular weight excluding hydrogens is 360 g/mol. The maximum atomic E-state index is 11.9. The fraction of sp³-hybridized carbons (Fsp3) is 0.412. The van der Waals surface area contributed by atoms with Crippen molar-refractivity contribution in [3.05, 3.63) is 40.6 Å². The summed E-state index contributed by atoms with van der Waals surface area (Å²) in [7, 11) is 1.57. The zero-order valence-corrected chi connectivity index (χ0v) is 15.0. The number of pyridine rings is 1. The monoisotopic (exact) mass is 380 g/mol. The number of benzene rings is 1. The summed E-state index contributed by atoms with van der Waals surface area (Å²) in [6.45, 7) is 2.92. The van der Waals surface area contributed by atoms with E-state index in [0.717, 1.165) is 0 Å². The first-order chi connectivity index (χ1) is 13.0. The molecule has 10 nitrogen and oxygen atoms in total. The molecule has 0 saturated carbocycles. The van der Waals surface area contributed by atoms with Crippen molar-refractivity contribution in [3.8, 4) is 5.75 Å². The summed E-state index contributed by atoms with van der Waals surface area (Å²) in [6.07, 6.45) is 0.573. The Labute approximate surface area is 155 Å². The third-order valence-corrected chi connectivity index (χ3v) is 3.48. The molecule has 2 rings (SSSR count). The van der Waals surface area contributed by atoms with Gasteiger partial charge in [0.15, 0.2) is 6.10 Å². The average Bonchev–Trinajstić information content (AvgIpc) is 2.68. The van der Waals surface area contributed by atoms with Gasteiger partial charge >= 0.3 is 5.97 Å². The Balaban J connectivity index is 1.90. The molecule has 0 bridgehead atoms. The van der Waals surface area contributed by atoms with Crippen LogP contribution in [0.2, 0.25) is 0 Å².